The van der Waals surface area contributed by atoms with Gasteiger partial charge in [0, 0.05) is 16.6 Å². The van der Waals surface area contributed by atoms with Crippen molar-refractivity contribution in [3.05, 3.63) is 82.9 Å². The Morgan fingerprint density at radius 3 is 2.60 bits per heavy atom. The molecule has 2 aromatic carbocycles. The number of hydrogen-bond donors (Lipinski definition) is 1. The van der Waals surface area contributed by atoms with Crippen LogP contribution in [0.3, 0.4) is 0 Å². The molecule has 0 aliphatic heterocycles. The number of aromatic nitrogens is 2. The SMILES string of the molecule is COc1cccc2cc(C(C)NC(=O)c3ccc(Cn4nc(C)cc4C)cc3)oc12. The first-order valence-electron chi connectivity index (χ1n) is 9.92. The molecule has 0 aliphatic carbocycles. The maximum absolute atomic E-state index is 12.7. The minimum absolute atomic E-state index is 0.146. The highest BCUT2D eigenvalue weighted by atomic mass is 16.5. The van der Waals surface area contributed by atoms with Gasteiger partial charge in [-0.25, -0.2) is 0 Å². The third-order valence-corrected chi connectivity index (χ3v) is 5.17. The largest absolute Gasteiger partial charge is 0.493 e. The summed E-state index contributed by atoms with van der Waals surface area (Å²) in [6, 6.07) is 17.0. The van der Waals surface area contributed by atoms with E-state index in [0.29, 0.717) is 29.2 Å². The molecule has 4 rings (SSSR count). The number of hydrogen-bond acceptors (Lipinski definition) is 4. The number of ether oxygens (including phenoxy) is 1. The van der Waals surface area contributed by atoms with Gasteiger partial charge in [0.1, 0.15) is 5.76 Å². The van der Waals surface area contributed by atoms with Crippen LogP contribution in [0, 0.1) is 13.8 Å². The number of fused-ring (bicyclic) bond motifs is 1. The van der Waals surface area contributed by atoms with Gasteiger partial charge in [-0.1, -0.05) is 24.3 Å². The van der Waals surface area contributed by atoms with Crippen molar-refractivity contribution < 1.29 is 13.9 Å². The van der Waals surface area contributed by atoms with Crippen molar-refractivity contribution in [1.29, 1.82) is 0 Å². The molecule has 4 aromatic rings. The molecule has 1 N–H and O–H groups in total. The first-order chi connectivity index (χ1) is 14.4. The van der Waals surface area contributed by atoms with Gasteiger partial charge in [-0.2, -0.15) is 5.10 Å². The molecule has 6 heteroatoms. The van der Waals surface area contributed by atoms with E-state index in [9.17, 15) is 4.79 Å². The number of benzene rings is 2. The fourth-order valence-electron chi connectivity index (χ4n) is 3.55. The molecular formula is C24H25N3O3. The number of amides is 1. The Hall–Kier alpha value is -3.54. The van der Waals surface area contributed by atoms with Gasteiger partial charge < -0.3 is 14.5 Å². The molecule has 2 aromatic heterocycles. The summed E-state index contributed by atoms with van der Waals surface area (Å²) in [6.45, 7) is 6.60. The van der Waals surface area contributed by atoms with Crippen LogP contribution in [0.15, 0.2) is 59.0 Å². The monoisotopic (exact) mass is 403 g/mol. The van der Waals surface area contributed by atoms with Crippen LogP contribution in [-0.4, -0.2) is 22.8 Å². The van der Waals surface area contributed by atoms with E-state index in [2.05, 4.69) is 16.5 Å². The zero-order valence-electron chi connectivity index (χ0n) is 17.6. The van der Waals surface area contributed by atoms with Crippen molar-refractivity contribution in [3.8, 4) is 5.75 Å². The predicted molar refractivity (Wildman–Crippen MR) is 116 cm³/mol. The quantitative estimate of drug-likeness (QED) is 0.502. The molecule has 154 valence electrons. The molecule has 30 heavy (non-hydrogen) atoms. The maximum Gasteiger partial charge on any atom is 0.251 e. The zero-order chi connectivity index (χ0) is 21.3. The summed E-state index contributed by atoms with van der Waals surface area (Å²) in [7, 11) is 1.61. The second-order valence-corrected chi connectivity index (χ2v) is 7.50. The summed E-state index contributed by atoms with van der Waals surface area (Å²) < 4.78 is 13.2. The molecule has 1 unspecified atom stereocenters. The van der Waals surface area contributed by atoms with Crippen molar-refractivity contribution in [2.24, 2.45) is 0 Å². The Labute approximate surface area is 175 Å². The molecule has 0 spiro atoms. The Bertz CT molecular complexity index is 1190. The van der Waals surface area contributed by atoms with Crippen LogP contribution in [0.2, 0.25) is 0 Å². The summed E-state index contributed by atoms with van der Waals surface area (Å²) in [5.74, 6) is 1.21. The number of aryl methyl sites for hydroxylation is 2. The Morgan fingerprint density at radius 2 is 1.93 bits per heavy atom. The third-order valence-electron chi connectivity index (χ3n) is 5.17. The first-order valence-corrected chi connectivity index (χ1v) is 9.92. The smallest absolute Gasteiger partial charge is 0.251 e. The predicted octanol–water partition coefficient (Wildman–Crippen LogP) is 4.79. The summed E-state index contributed by atoms with van der Waals surface area (Å²) in [6.07, 6.45) is 0. The highest BCUT2D eigenvalue weighted by molar-refractivity contribution is 5.94. The number of para-hydroxylation sites is 1. The van der Waals surface area contributed by atoms with Crippen molar-refractivity contribution >= 4 is 16.9 Å². The summed E-state index contributed by atoms with van der Waals surface area (Å²) in [5, 5.41) is 8.43. The van der Waals surface area contributed by atoms with Crippen molar-refractivity contribution in [2.75, 3.05) is 7.11 Å². The van der Waals surface area contributed by atoms with Gasteiger partial charge in [0.15, 0.2) is 11.3 Å². The molecule has 0 saturated carbocycles. The molecule has 0 bridgehead atoms. The lowest BCUT2D eigenvalue weighted by Crippen LogP contribution is -2.26. The Kier molecular flexibility index (Phi) is 5.31. The molecular weight excluding hydrogens is 378 g/mol. The second kappa shape index (κ2) is 8.06. The van der Waals surface area contributed by atoms with Crippen LogP contribution in [0.25, 0.3) is 11.0 Å². The highest BCUT2D eigenvalue weighted by Gasteiger charge is 2.17. The van der Waals surface area contributed by atoms with Crippen molar-refractivity contribution in [3.63, 3.8) is 0 Å². The molecule has 2 heterocycles. The van der Waals surface area contributed by atoms with Gasteiger partial charge >= 0.3 is 0 Å². The van der Waals surface area contributed by atoms with Crippen molar-refractivity contribution in [2.45, 2.75) is 33.4 Å². The fraction of sp³-hybridized carbons (Fsp3) is 0.250. The fourth-order valence-corrected chi connectivity index (χ4v) is 3.55. The second-order valence-electron chi connectivity index (χ2n) is 7.50. The highest BCUT2D eigenvalue weighted by Crippen LogP contribution is 2.30. The number of carbonyl (C=O) groups excluding carboxylic acids is 1. The summed E-state index contributed by atoms with van der Waals surface area (Å²) in [4.78, 5) is 12.7. The first kappa shape index (κ1) is 19.8. The molecule has 0 saturated heterocycles. The molecule has 1 amide bonds. The third kappa shape index (κ3) is 3.94. The molecule has 0 fully saturated rings. The van der Waals surface area contributed by atoms with Crippen LogP contribution in [-0.2, 0) is 6.54 Å². The van der Waals surface area contributed by atoms with Gasteiger partial charge in [0.2, 0.25) is 0 Å². The van der Waals surface area contributed by atoms with Gasteiger partial charge in [0.05, 0.1) is 25.4 Å². The van der Waals surface area contributed by atoms with Gasteiger partial charge in [0.25, 0.3) is 5.91 Å². The molecule has 1 atom stereocenters. The number of nitrogens with zero attached hydrogens (tertiary/aromatic N) is 2. The van der Waals surface area contributed by atoms with E-state index in [1.54, 1.807) is 7.11 Å². The number of methoxy groups -OCH3 is 1. The lowest BCUT2D eigenvalue weighted by molar-refractivity contribution is 0.0935. The van der Waals surface area contributed by atoms with E-state index >= 15 is 0 Å². The average Bonchev–Trinajstić information content (AvgIpc) is 3.31. The normalized spacial score (nSPS) is 12.1. The molecule has 6 nitrogen and oxygen atoms in total. The lowest BCUT2D eigenvalue weighted by Gasteiger charge is -2.12. The Morgan fingerprint density at radius 1 is 1.17 bits per heavy atom. The van der Waals surface area contributed by atoms with E-state index in [-0.39, 0.29) is 11.9 Å². The van der Waals surface area contributed by atoms with E-state index in [1.165, 1.54) is 0 Å². The number of nitrogens with one attached hydrogen (secondary N) is 1. The van der Waals surface area contributed by atoms with E-state index in [4.69, 9.17) is 9.15 Å². The van der Waals surface area contributed by atoms with Gasteiger partial charge in [-0.3, -0.25) is 9.48 Å². The van der Waals surface area contributed by atoms with Crippen LogP contribution < -0.4 is 10.1 Å². The Balaban J connectivity index is 1.45. The van der Waals surface area contributed by atoms with Crippen LogP contribution in [0.5, 0.6) is 5.75 Å². The number of carbonyl (C=O) groups is 1. The van der Waals surface area contributed by atoms with E-state index in [1.807, 2.05) is 74.0 Å². The average molecular weight is 403 g/mol. The van der Waals surface area contributed by atoms with Gasteiger partial charge in [-0.05, 0) is 56.7 Å². The number of furan rings is 1. The summed E-state index contributed by atoms with van der Waals surface area (Å²) >= 11 is 0. The molecule has 0 radical (unpaired) electrons. The van der Waals surface area contributed by atoms with Gasteiger partial charge in [-0.15, -0.1) is 0 Å². The van der Waals surface area contributed by atoms with Crippen LogP contribution in [0.1, 0.15) is 46.0 Å². The van der Waals surface area contributed by atoms with Crippen LogP contribution >= 0.6 is 0 Å². The lowest BCUT2D eigenvalue weighted by atomic mass is 10.1. The minimum atomic E-state index is -0.274. The van der Waals surface area contributed by atoms with E-state index < -0.39 is 0 Å². The van der Waals surface area contributed by atoms with Crippen LogP contribution in [0.4, 0.5) is 0 Å². The zero-order valence-corrected chi connectivity index (χ0v) is 17.6. The summed E-state index contributed by atoms with van der Waals surface area (Å²) in [5.41, 5.74) is 4.50. The number of rotatable bonds is 6. The minimum Gasteiger partial charge on any atom is -0.493 e. The maximum atomic E-state index is 12.7. The topological polar surface area (TPSA) is 69.3 Å². The molecule has 0 aliphatic rings. The standard InChI is InChI=1S/C24H25N3O3/c1-15-12-16(2)27(26-15)14-18-8-10-19(11-9-18)24(28)25-17(3)22-13-20-6-5-7-21(29-4)23(20)30-22/h5-13,17H,14H2,1-4H3,(H,25,28). The van der Waals surface area contributed by atoms with E-state index in [0.717, 1.165) is 22.3 Å². The van der Waals surface area contributed by atoms with Crippen molar-refractivity contribution in [1.82, 2.24) is 15.1 Å².